The third kappa shape index (κ3) is 7.21. The fourth-order valence-electron chi connectivity index (χ4n) is 4.25. The fraction of sp³-hybridized carbons (Fsp3) is 0.519. The number of carbonyl (C=O) groups is 1. The van der Waals surface area contributed by atoms with Crippen LogP contribution in [0.4, 0.5) is 0 Å². The van der Waals surface area contributed by atoms with Crippen LogP contribution in [0, 0.1) is 0 Å². The lowest BCUT2D eigenvalue weighted by molar-refractivity contribution is 0.0723. The third-order valence-corrected chi connectivity index (χ3v) is 6.22. The zero-order valence-corrected chi connectivity index (χ0v) is 20.3. The monoisotopic (exact) mass is 454 g/mol. The summed E-state index contributed by atoms with van der Waals surface area (Å²) in [4.78, 5) is 17.8. The molecule has 0 aromatic heterocycles. The third-order valence-electron chi connectivity index (χ3n) is 6.22. The van der Waals surface area contributed by atoms with Crippen molar-refractivity contribution < 1.29 is 19.0 Å². The zero-order valence-electron chi connectivity index (χ0n) is 20.3. The first-order valence-electron chi connectivity index (χ1n) is 12.1. The summed E-state index contributed by atoms with van der Waals surface area (Å²) in [6.45, 7) is 8.27. The first-order chi connectivity index (χ1) is 16.2. The maximum atomic E-state index is 12.8. The zero-order chi connectivity index (χ0) is 23.5. The van der Waals surface area contributed by atoms with Crippen molar-refractivity contribution in [1.29, 1.82) is 0 Å². The number of ether oxygens (including phenoxy) is 3. The summed E-state index contributed by atoms with van der Waals surface area (Å²) in [6.07, 6.45) is 6.60. The van der Waals surface area contributed by atoms with Gasteiger partial charge in [-0.3, -0.25) is 4.90 Å². The second-order valence-electron chi connectivity index (χ2n) is 8.58. The van der Waals surface area contributed by atoms with Crippen molar-refractivity contribution in [1.82, 2.24) is 9.80 Å². The average molecular weight is 455 g/mol. The number of hydrogen-bond donors (Lipinski definition) is 0. The number of unbranched alkanes of at least 4 members (excludes halogenated alkanes) is 4. The highest BCUT2D eigenvalue weighted by atomic mass is 16.6. The van der Waals surface area contributed by atoms with Crippen LogP contribution in [0.25, 0.3) is 0 Å². The van der Waals surface area contributed by atoms with E-state index in [1.165, 1.54) is 38.6 Å². The highest BCUT2D eigenvalue weighted by Gasteiger charge is 2.23. The van der Waals surface area contributed by atoms with Crippen molar-refractivity contribution in [3.05, 3.63) is 53.6 Å². The van der Waals surface area contributed by atoms with Crippen LogP contribution in [0.5, 0.6) is 17.2 Å². The van der Waals surface area contributed by atoms with Gasteiger partial charge in [-0.1, -0.05) is 56.9 Å². The lowest BCUT2D eigenvalue weighted by atomic mass is 10.1. The molecule has 0 spiro atoms. The van der Waals surface area contributed by atoms with Gasteiger partial charge in [-0.05, 0) is 31.2 Å². The number of hydrogen-bond acceptors (Lipinski definition) is 6. The highest BCUT2D eigenvalue weighted by molar-refractivity contribution is 5.91. The lowest BCUT2D eigenvalue weighted by Crippen LogP contribution is -2.46. The molecule has 1 saturated heterocycles. The molecule has 1 fully saturated rings. The molecule has 0 bridgehead atoms. The quantitative estimate of drug-likeness (QED) is 0.255. The second kappa shape index (κ2) is 13.2. The number of esters is 1. The number of piperazine rings is 1. The van der Waals surface area contributed by atoms with Crippen LogP contribution in [0.15, 0.2) is 42.5 Å². The SMILES string of the molecule is CCCCCCCN1CCN(Cc2ccc(OC)c(OC)c2OC(=O)c2ccccc2)CC1. The Bertz CT molecular complexity index is 864. The molecular weight excluding hydrogens is 416 g/mol. The molecule has 0 atom stereocenters. The van der Waals surface area contributed by atoms with Crippen molar-refractivity contribution in [2.75, 3.05) is 46.9 Å². The molecule has 6 nitrogen and oxygen atoms in total. The van der Waals surface area contributed by atoms with Crippen molar-refractivity contribution in [2.24, 2.45) is 0 Å². The Morgan fingerprint density at radius 2 is 1.52 bits per heavy atom. The standard InChI is InChI=1S/C27H38N2O4/c1-4-5-6-7-11-16-28-17-19-29(20-18-28)21-23-14-15-24(31-2)26(32-3)25(23)33-27(30)22-12-9-8-10-13-22/h8-10,12-15H,4-7,11,16-21H2,1-3H3. The molecule has 3 rings (SSSR count). The van der Waals surface area contributed by atoms with E-state index in [0.29, 0.717) is 29.4 Å². The van der Waals surface area contributed by atoms with Crippen molar-refractivity contribution >= 4 is 5.97 Å². The first-order valence-corrected chi connectivity index (χ1v) is 12.1. The lowest BCUT2D eigenvalue weighted by Gasteiger charge is -2.35. The van der Waals surface area contributed by atoms with Gasteiger partial charge < -0.3 is 19.1 Å². The van der Waals surface area contributed by atoms with E-state index in [9.17, 15) is 4.79 Å². The molecule has 2 aromatic rings. The Kier molecular flexibility index (Phi) is 10.0. The van der Waals surface area contributed by atoms with Gasteiger partial charge in [-0.15, -0.1) is 0 Å². The van der Waals surface area contributed by atoms with Crippen LogP contribution in [0.3, 0.4) is 0 Å². The van der Waals surface area contributed by atoms with Crippen LogP contribution in [-0.2, 0) is 6.54 Å². The maximum Gasteiger partial charge on any atom is 0.343 e. The molecule has 0 radical (unpaired) electrons. The average Bonchev–Trinajstić information content (AvgIpc) is 2.86. The molecule has 33 heavy (non-hydrogen) atoms. The fourth-order valence-corrected chi connectivity index (χ4v) is 4.25. The Balaban J connectivity index is 1.65. The molecule has 0 N–H and O–H groups in total. The number of nitrogens with zero attached hydrogens (tertiary/aromatic N) is 2. The summed E-state index contributed by atoms with van der Waals surface area (Å²) in [7, 11) is 3.16. The largest absolute Gasteiger partial charge is 0.493 e. The smallest absolute Gasteiger partial charge is 0.343 e. The minimum absolute atomic E-state index is 0.406. The van der Waals surface area contributed by atoms with Gasteiger partial charge in [0.1, 0.15) is 0 Å². The first kappa shape index (κ1) is 25.1. The summed E-state index contributed by atoms with van der Waals surface area (Å²) in [5.41, 5.74) is 1.42. The number of benzene rings is 2. The van der Waals surface area contributed by atoms with Gasteiger partial charge in [-0.25, -0.2) is 4.79 Å². The molecule has 2 aromatic carbocycles. The Morgan fingerprint density at radius 3 is 2.18 bits per heavy atom. The molecular formula is C27H38N2O4. The van der Waals surface area contributed by atoms with Gasteiger partial charge in [0.05, 0.1) is 19.8 Å². The second-order valence-corrected chi connectivity index (χ2v) is 8.58. The van der Waals surface area contributed by atoms with Crippen molar-refractivity contribution in [2.45, 2.75) is 45.6 Å². The van der Waals surface area contributed by atoms with Crippen LogP contribution in [0.1, 0.15) is 54.9 Å². The molecule has 0 saturated carbocycles. The van der Waals surface area contributed by atoms with Crippen LogP contribution in [-0.4, -0.2) is 62.7 Å². The summed E-state index contributed by atoms with van der Waals surface area (Å²) in [5.74, 6) is 1.02. The molecule has 180 valence electrons. The van der Waals surface area contributed by atoms with Crippen LogP contribution >= 0.6 is 0 Å². The van der Waals surface area contributed by atoms with E-state index in [1.807, 2.05) is 30.3 Å². The summed E-state index contributed by atoms with van der Waals surface area (Å²) in [5, 5.41) is 0. The van der Waals surface area contributed by atoms with Gasteiger partial charge in [0.2, 0.25) is 5.75 Å². The van der Waals surface area contributed by atoms with E-state index in [0.717, 1.165) is 31.7 Å². The van der Waals surface area contributed by atoms with Crippen molar-refractivity contribution in [3.8, 4) is 17.2 Å². The minimum atomic E-state index is -0.406. The van der Waals surface area contributed by atoms with Crippen molar-refractivity contribution in [3.63, 3.8) is 0 Å². The Labute approximate surface area is 198 Å². The van der Waals surface area contributed by atoms with Crippen LogP contribution in [0.2, 0.25) is 0 Å². The molecule has 6 heteroatoms. The molecule has 0 aliphatic carbocycles. The van der Waals surface area contributed by atoms with Gasteiger partial charge in [0.25, 0.3) is 0 Å². The van der Waals surface area contributed by atoms with E-state index in [-0.39, 0.29) is 0 Å². The Hall–Kier alpha value is -2.57. The molecule has 1 aliphatic rings. The minimum Gasteiger partial charge on any atom is -0.493 e. The molecule has 1 aliphatic heterocycles. The summed E-state index contributed by atoms with van der Waals surface area (Å²) < 4.78 is 16.9. The number of methoxy groups -OCH3 is 2. The van der Waals surface area contributed by atoms with E-state index in [1.54, 1.807) is 26.4 Å². The van der Waals surface area contributed by atoms with Gasteiger partial charge in [0, 0.05) is 38.3 Å². The molecule has 0 amide bonds. The van der Waals surface area contributed by atoms with Gasteiger partial charge in [0.15, 0.2) is 11.5 Å². The van der Waals surface area contributed by atoms with Gasteiger partial charge >= 0.3 is 5.97 Å². The summed E-state index contributed by atoms with van der Waals surface area (Å²) in [6, 6.07) is 12.9. The van der Waals surface area contributed by atoms with E-state index in [4.69, 9.17) is 14.2 Å². The predicted molar refractivity (Wildman–Crippen MR) is 131 cm³/mol. The van der Waals surface area contributed by atoms with E-state index < -0.39 is 5.97 Å². The maximum absolute atomic E-state index is 12.8. The normalized spacial score (nSPS) is 14.8. The topological polar surface area (TPSA) is 51.2 Å². The Morgan fingerprint density at radius 1 is 0.818 bits per heavy atom. The van der Waals surface area contributed by atoms with Gasteiger partial charge in [-0.2, -0.15) is 0 Å². The highest BCUT2D eigenvalue weighted by Crippen LogP contribution is 2.41. The number of rotatable bonds is 12. The molecule has 1 heterocycles. The predicted octanol–water partition coefficient (Wildman–Crippen LogP) is 5.01. The molecule has 0 unspecified atom stereocenters. The summed E-state index contributed by atoms with van der Waals surface area (Å²) >= 11 is 0. The van der Waals surface area contributed by atoms with E-state index >= 15 is 0 Å². The van der Waals surface area contributed by atoms with Crippen LogP contribution < -0.4 is 14.2 Å². The van der Waals surface area contributed by atoms with E-state index in [2.05, 4.69) is 16.7 Å². The number of carbonyl (C=O) groups excluding carboxylic acids is 1.